The Balaban J connectivity index is 1.44. The monoisotopic (exact) mass is 525 g/mol. The summed E-state index contributed by atoms with van der Waals surface area (Å²) in [6.07, 6.45) is -0.220. The number of urea groups is 1. The molecular weight excluding hydrogens is 490 g/mol. The van der Waals surface area contributed by atoms with Gasteiger partial charge in [0.25, 0.3) is 0 Å². The maximum atomic E-state index is 14.0. The van der Waals surface area contributed by atoms with Crippen molar-refractivity contribution in [2.75, 3.05) is 26.7 Å². The summed E-state index contributed by atoms with van der Waals surface area (Å²) in [5, 5.41) is 6.28. The summed E-state index contributed by atoms with van der Waals surface area (Å²) < 4.78 is 0. The first-order valence-corrected chi connectivity index (χ1v) is 13.4. The van der Waals surface area contributed by atoms with Crippen LogP contribution in [0.1, 0.15) is 29.5 Å². The molecule has 0 aromatic heterocycles. The smallest absolute Gasteiger partial charge is 0.334 e. The summed E-state index contributed by atoms with van der Waals surface area (Å²) in [7, 11) is 1.75. The minimum atomic E-state index is -0.695. The second-order valence-electron chi connectivity index (χ2n) is 10.3. The maximum Gasteiger partial charge on any atom is 0.334 e. The Labute approximate surface area is 229 Å². The van der Waals surface area contributed by atoms with E-state index in [2.05, 4.69) is 24.4 Å². The number of piperazine rings is 1. The number of amides is 4. The molecule has 4 amide bonds. The van der Waals surface area contributed by atoms with Crippen LogP contribution < -0.4 is 5.32 Å². The zero-order chi connectivity index (χ0) is 27.4. The summed E-state index contributed by atoms with van der Waals surface area (Å²) in [6.45, 7) is 3.23. The number of carbonyl (C=O) groups excluding carboxylic acids is 3. The number of nitrogens with one attached hydrogen (secondary N) is 1. The van der Waals surface area contributed by atoms with Gasteiger partial charge in [0.2, 0.25) is 11.8 Å². The summed E-state index contributed by atoms with van der Waals surface area (Å²) in [4.78, 5) is 44.4. The lowest BCUT2D eigenvalue weighted by Crippen LogP contribution is -2.76. The van der Waals surface area contributed by atoms with Crippen LogP contribution in [-0.4, -0.2) is 76.6 Å². The molecule has 3 atom stereocenters. The number of likely N-dealkylation sites (N-methyl/N-ethyl adjacent to an activating group) is 1. The summed E-state index contributed by atoms with van der Waals surface area (Å²) in [5.74, 6) is -0.142. The van der Waals surface area contributed by atoms with Crippen LogP contribution >= 0.6 is 0 Å². The Hall–Kier alpha value is -4.17. The van der Waals surface area contributed by atoms with Crippen LogP contribution in [0.5, 0.6) is 0 Å². The average Bonchev–Trinajstić information content (AvgIpc) is 2.95. The van der Waals surface area contributed by atoms with Gasteiger partial charge in [-0.15, -0.1) is 0 Å². The lowest BCUT2D eigenvalue weighted by molar-refractivity contribution is -0.187. The van der Waals surface area contributed by atoms with Gasteiger partial charge in [-0.25, -0.2) is 14.8 Å². The van der Waals surface area contributed by atoms with E-state index in [4.69, 9.17) is 0 Å². The molecule has 202 valence electrons. The number of nitrogens with zero attached hydrogens (tertiary/aromatic N) is 4. The predicted molar refractivity (Wildman–Crippen MR) is 149 cm³/mol. The van der Waals surface area contributed by atoms with Crippen LogP contribution in [-0.2, 0) is 22.6 Å². The van der Waals surface area contributed by atoms with Gasteiger partial charge < -0.3 is 15.1 Å². The molecule has 2 aliphatic rings. The molecule has 0 saturated carbocycles. The molecule has 2 heterocycles. The van der Waals surface area contributed by atoms with E-state index in [-0.39, 0.29) is 36.9 Å². The van der Waals surface area contributed by atoms with Crippen molar-refractivity contribution in [3.63, 3.8) is 0 Å². The van der Waals surface area contributed by atoms with Crippen LogP contribution in [0.3, 0.4) is 0 Å². The Morgan fingerprint density at radius 1 is 0.897 bits per heavy atom. The molecule has 5 rings (SSSR count). The number of carbonyl (C=O) groups is 3. The SMILES string of the molecule is CC(CN1CC2N(C(=O)CN(C)N2C(=O)NCc2ccccc2)[C@@H](Cc2ccccc2)C1=O)c1ccccc1. The third-order valence-electron chi connectivity index (χ3n) is 7.57. The molecule has 39 heavy (non-hydrogen) atoms. The molecule has 3 aromatic carbocycles. The first-order chi connectivity index (χ1) is 18.9. The van der Waals surface area contributed by atoms with Crippen molar-refractivity contribution in [3.05, 3.63) is 108 Å². The topological polar surface area (TPSA) is 76.2 Å². The van der Waals surface area contributed by atoms with Gasteiger partial charge in [-0.05, 0) is 22.6 Å². The van der Waals surface area contributed by atoms with Gasteiger partial charge in [-0.1, -0.05) is 97.9 Å². The number of hydrazine groups is 1. The van der Waals surface area contributed by atoms with Crippen LogP contribution in [0.15, 0.2) is 91.0 Å². The molecule has 1 N–H and O–H groups in total. The molecule has 8 heteroatoms. The summed E-state index contributed by atoms with van der Waals surface area (Å²) in [5.41, 5.74) is 3.10. The van der Waals surface area contributed by atoms with Gasteiger partial charge >= 0.3 is 6.03 Å². The van der Waals surface area contributed by atoms with E-state index in [0.29, 0.717) is 19.5 Å². The second-order valence-corrected chi connectivity index (χ2v) is 10.3. The first kappa shape index (κ1) is 26.4. The maximum absolute atomic E-state index is 14.0. The number of benzene rings is 3. The molecule has 2 unspecified atom stereocenters. The van der Waals surface area contributed by atoms with E-state index in [1.807, 2.05) is 83.8 Å². The Morgan fingerprint density at radius 2 is 1.49 bits per heavy atom. The van der Waals surface area contributed by atoms with Crippen molar-refractivity contribution in [1.82, 2.24) is 25.1 Å². The predicted octanol–water partition coefficient (Wildman–Crippen LogP) is 3.47. The number of hydrogen-bond donors (Lipinski definition) is 1. The Kier molecular flexibility index (Phi) is 7.93. The van der Waals surface area contributed by atoms with E-state index in [1.165, 1.54) is 0 Å². The van der Waals surface area contributed by atoms with E-state index >= 15 is 0 Å². The van der Waals surface area contributed by atoms with E-state index in [1.54, 1.807) is 22.0 Å². The van der Waals surface area contributed by atoms with E-state index < -0.39 is 12.2 Å². The van der Waals surface area contributed by atoms with Gasteiger partial charge in [0, 0.05) is 26.6 Å². The molecule has 2 aliphatic heterocycles. The molecule has 8 nitrogen and oxygen atoms in total. The van der Waals surface area contributed by atoms with Gasteiger partial charge in [0.05, 0.1) is 13.1 Å². The molecule has 2 fully saturated rings. The molecule has 0 radical (unpaired) electrons. The van der Waals surface area contributed by atoms with Crippen molar-refractivity contribution in [1.29, 1.82) is 0 Å². The fourth-order valence-electron chi connectivity index (χ4n) is 5.58. The largest absolute Gasteiger partial charge is 0.336 e. The van der Waals surface area contributed by atoms with Gasteiger partial charge in [0.1, 0.15) is 12.2 Å². The summed E-state index contributed by atoms with van der Waals surface area (Å²) in [6, 6.07) is 28.6. The van der Waals surface area contributed by atoms with Gasteiger partial charge in [0.15, 0.2) is 0 Å². The third kappa shape index (κ3) is 5.81. The van der Waals surface area contributed by atoms with Crippen molar-refractivity contribution >= 4 is 17.8 Å². The lowest BCUT2D eigenvalue weighted by atomic mass is 9.96. The van der Waals surface area contributed by atoms with Crippen LogP contribution in [0.2, 0.25) is 0 Å². The highest BCUT2D eigenvalue weighted by atomic mass is 16.2. The highest BCUT2D eigenvalue weighted by molar-refractivity contribution is 5.91. The Morgan fingerprint density at radius 3 is 2.13 bits per heavy atom. The third-order valence-corrected chi connectivity index (χ3v) is 7.57. The quantitative estimate of drug-likeness (QED) is 0.513. The second kappa shape index (κ2) is 11.7. The fourth-order valence-corrected chi connectivity index (χ4v) is 5.58. The number of fused-ring (bicyclic) bond motifs is 1. The van der Waals surface area contributed by atoms with Gasteiger partial charge in [-0.2, -0.15) is 0 Å². The zero-order valence-electron chi connectivity index (χ0n) is 22.4. The molecule has 3 aromatic rings. The lowest BCUT2D eigenvalue weighted by Gasteiger charge is -2.54. The number of hydrogen-bond acceptors (Lipinski definition) is 4. The fraction of sp³-hybridized carbons (Fsp3) is 0.323. The van der Waals surface area contributed by atoms with Crippen molar-refractivity contribution < 1.29 is 14.4 Å². The summed E-state index contributed by atoms with van der Waals surface area (Å²) >= 11 is 0. The van der Waals surface area contributed by atoms with Crippen molar-refractivity contribution in [2.24, 2.45) is 0 Å². The Bertz CT molecular complexity index is 1290. The standard InChI is InChI=1S/C31H35N5O3/c1-23(26-16-10-5-11-17-26)20-34-21-28-35(27(30(34)38)18-24-12-6-3-7-13-24)29(37)22-33(2)36(28)31(39)32-19-25-14-8-4-9-15-25/h3-17,23,27-28H,18-22H2,1-2H3,(H,32,39)/t23?,27-,28?/m0/s1. The minimum absolute atomic E-state index is 0.0221. The van der Waals surface area contributed by atoms with Gasteiger partial charge in [-0.3, -0.25) is 9.59 Å². The molecule has 0 spiro atoms. The van der Waals surface area contributed by atoms with E-state index in [9.17, 15) is 14.4 Å². The van der Waals surface area contributed by atoms with Crippen LogP contribution in [0.4, 0.5) is 4.79 Å². The minimum Gasteiger partial charge on any atom is -0.336 e. The molecule has 0 aliphatic carbocycles. The molecular formula is C31H35N5O3. The number of rotatable bonds is 7. The van der Waals surface area contributed by atoms with Crippen molar-refractivity contribution in [2.45, 2.75) is 38.0 Å². The first-order valence-electron chi connectivity index (χ1n) is 13.4. The highest BCUT2D eigenvalue weighted by Crippen LogP contribution is 2.29. The highest BCUT2D eigenvalue weighted by Gasteiger charge is 2.50. The van der Waals surface area contributed by atoms with Crippen molar-refractivity contribution in [3.8, 4) is 0 Å². The normalized spacial score (nSPS) is 20.5. The molecule has 2 saturated heterocycles. The van der Waals surface area contributed by atoms with E-state index in [0.717, 1.165) is 16.7 Å². The van der Waals surface area contributed by atoms with Crippen LogP contribution in [0.25, 0.3) is 0 Å². The average molecular weight is 526 g/mol. The zero-order valence-corrected chi connectivity index (χ0v) is 22.4. The van der Waals surface area contributed by atoms with Crippen LogP contribution in [0, 0.1) is 0 Å². The molecule has 0 bridgehead atoms.